The molecule has 25 heavy (non-hydrogen) atoms. The van der Waals surface area contributed by atoms with Crippen molar-refractivity contribution in [3.63, 3.8) is 0 Å². The van der Waals surface area contributed by atoms with Gasteiger partial charge in [0.25, 0.3) is 5.91 Å². The van der Waals surface area contributed by atoms with Crippen LogP contribution in [0.1, 0.15) is 29.9 Å². The minimum atomic E-state index is -0.732. The summed E-state index contributed by atoms with van der Waals surface area (Å²) in [7, 11) is 0. The fourth-order valence-corrected chi connectivity index (χ4v) is 3.15. The summed E-state index contributed by atoms with van der Waals surface area (Å²) in [6.07, 6.45) is 0. The quantitative estimate of drug-likeness (QED) is 0.667. The van der Waals surface area contributed by atoms with E-state index in [0.29, 0.717) is 24.2 Å². The topological polar surface area (TPSA) is 33.2 Å². The molecular formula is C21H21FN2O. The zero-order valence-electron chi connectivity index (χ0n) is 14.5. The molecule has 2 aromatic carbocycles. The molecule has 0 saturated carbocycles. The fourth-order valence-electron chi connectivity index (χ4n) is 3.15. The Morgan fingerprint density at radius 1 is 1.00 bits per heavy atom. The van der Waals surface area contributed by atoms with Gasteiger partial charge in [0.05, 0.1) is 5.52 Å². The summed E-state index contributed by atoms with van der Waals surface area (Å²) >= 11 is 0. The standard InChI is InChI=1S/C21H21FN2O/c1-3-24(4-2)21(25)20-17(14-22)19(15-10-6-5-7-11-15)16-12-8-9-13-18(16)23-20/h5-13H,3-4,14H2,1-2H3/i22-1. The molecule has 4 heteroatoms. The van der Waals surface area contributed by atoms with Gasteiger partial charge in [0.15, 0.2) is 0 Å². The first kappa shape index (κ1) is 17.1. The van der Waals surface area contributed by atoms with Gasteiger partial charge in [-0.05, 0) is 31.0 Å². The van der Waals surface area contributed by atoms with E-state index in [2.05, 4.69) is 4.98 Å². The number of pyridine rings is 1. The second-order valence-corrected chi connectivity index (χ2v) is 5.81. The summed E-state index contributed by atoms with van der Waals surface area (Å²) in [5.41, 5.74) is 2.92. The number of rotatable bonds is 5. The molecule has 3 aromatic rings. The molecule has 0 unspecified atom stereocenters. The number of amides is 1. The zero-order valence-corrected chi connectivity index (χ0v) is 14.5. The molecule has 0 atom stereocenters. The van der Waals surface area contributed by atoms with Crippen molar-refractivity contribution >= 4 is 16.8 Å². The maximum atomic E-state index is 14.1. The van der Waals surface area contributed by atoms with Crippen LogP contribution in [0.3, 0.4) is 0 Å². The van der Waals surface area contributed by atoms with Crippen LogP contribution in [0.5, 0.6) is 0 Å². The Hall–Kier alpha value is -2.75. The van der Waals surface area contributed by atoms with E-state index in [4.69, 9.17) is 0 Å². The van der Waals surface area contributed by atoms with Gasteiger partial charge in [-0.1, -0.05) is 48.5 Å². The molecule has 0 N–H and O–H groups in total. The number of nitrogens with zero attached hydrogens (tertiary/aromatic N) is 2. The smallest absolute Gasteiger partial charge is 0.272 e. The van der Waals surface area contributed by atoms with E-state index in [1.54, 1.807) is 4.90 Å². The number of hydrogen-bond donors (Lipinski definition) is 0. The van der Waals surface area contributed by atoms with Crippen LogP contribution in [0.25, 0.3) is 22.0 Å². The third-order valence-corrected chi connectivity index (χ3v) is 4.44. The third kappa shape index (κ3) is 3.12. The highest BCUT2D eigenvalue weighted by Gasteiger charge is 2.23. The van der Waals surface area contributed by atoms with Gasteiger partial charge in [-0.2, -0.15) is 0 Å². The van der Waals surface area contributed by atoms with Crippen LogP contribution in [-0.2, 0) is 6.67 Å². The Kier molecular flexibility index (Phi) is 5.08. The second-order valence-electron chi connectivity index (χ2n) is 5.81. The molecule has 0 aliphatic heterocycles. The average Bonchev–Trinajstić information content (AvgIpc) is 2.67. The summed E-state index contributed by atoms with van der Waals surface area (Å²) in [6.45, 7) is 4.22. The first-order valence-electron chi connectivity index (χ1n) is 8.53. The average molecular weight is 335 g/mol. The minimum absolute atomic E-state index is 0.212. The monoisotopic (exact) mass is 335 g/mol. The van der Waals surface area contributed by atoms with Crippen LogP contribution in [-0.4, -0.2) is 28.9 Å². The Labute approximate surface area is 147 Å². The van der Waals surface area contributed by atoms with Crippen LogP contribution < -0.4 is 0 Å². The molecule has 1 amide bonds. The van der Waals surface area contributed by atoms with Crippen molar-refractivity contribution in [3.8, 4) is 11.1 Å². The second kappa shape index (κ2) is 7.43. The molecule has 0 fully saturated rings. The molecular weight excluding hydrogens is 314 g/mol. The normalized spacial score (nSPS) is 10.8. The molecule has 1 aromatic heterocycles. The van der Waals surface area contributed by atoms with Crippen molar-refractivity contribution in [2.24, 2.45) is 0 Å². The predicted molar refractivity (Wildman–Crippen MR) is 99.2 cm³/mol. The maximum absolute atomic E-state index is 14.1. The first-order valence-corrected chi connectivity index (χ1v) is 8.53. The highest BCUT2D eigenvalue weighted by atomic mass is 18.2. The van der Waals surface area contributed by atoms with Crippen LogP contribution in [0, 0.1) is 0 Å². The Bertz CT molecular complexity index is 889. The molecule has 0 bridgehead atoms. The summed E-state index contributed by atoms with van der Waals surface area (Å²) in [6, 6.07) is 17.2. The van der Waals surface area contributed by atoms with Crippen molar-refractivity contribution in [3.05, 3.63) is 65.9 Å². The Morgan fingerprint density at radius 3 is 2.28 bits per heavy atom. The van der Waals surface area contributed by atoms with Gasteiger partial charge in [-0.15, -0.1) is 0 Å². The van der Waals surface area contributed by atoms with E-state index in [-0.39, 0.29) is 11.6 Å². The first-order chi connectivity index (χ1) is 12.2. The molecule has 1 heterocycles. The van der Waals surface area contributed by atoms with Gasteiger partial charge in [0, 0.05) is 24.0 Å². The SMILES string of the molecule is CCN(CC)C(=O)c1nc2ccccc2c(-c2ccccc2)c1C[18F]. The lowest BCUT2D eigenvalue weighted by Gasteiger charge is -2.21. The third-order valence-electron chi connectivity index (χ3n) is 4.44. The number of hydrogen-bond acceptors (Lipinski definition) is 2. The van der Waals surface area contributed by atoms with Crippen molar-refractivity contribution in [1.82, 2.24) is 9.88 Å². The van der Waals surface area contributed by atoms with Crippen LogP contribution in [0.4, 0.5) is 4.39 Å². The summed E-state index contributed by atoms with van der Waals surface area (Å²) in [4.78, 5) is 19.1. The predicted octanol–water partition coefficient (Wildman–Crippen LogP) is 4.85. The number of alkyl halides is 1. The van der Waals surface area contributed by atoms with Gasteiger partial charge in [-0.25, -0.2) is 9.37 Å². The molecule has 3 rings (SSSR count). The molecule has 0 aliphatic rings. The number of halogens is 1. The number of aromatic nitrogens is 1. The largest absolute Gasteiger partial charge is 0.338 e. The van der Waals surface area contributed by atoms with Crippen LogP contribution >= 0.6 is 0 Å². The van der Waals surface area contributed by atoms with Gasteiger partial charge < -0.3 is 4.90 Å². The number of para-hydroxylation sites is 1. The maximum Gasteiger partial charge on any atom is 0.272 e. The number of carbonyl (C=O) groups is 1. The van der Waals surface area contributed by atoms with Gasteiger partial charge in [-0.3, -0.25) is 4.79 Å². The van der Waals surface area contributed by atoms with Crippen molar-refractivity contribution in [2.45, 2.75) is 20.5 Å². The number of carbonyl (C=O) groups excluding carboxylic acids is 1. The number of benzene rings is 2. The van der Waals surface area contributed by atoms with E-state index < -0.39 is 6.67 Å². The highest BCUT2D eigenvalue weighted by Crippen LogP contribution is 2.34. The lowest BCUT2D eigenvalue weighted by atomic mass is 9.94. The highest BCUT2D eigenvalue weighted by molar-refractivity contribution is 6.03. The summed E-state index contributed by atoms with van der Waals surface area (Å²) in [5.74, 6) is -0.222. The van der Waals surface area contributed by atoms with Crippen LogP contribution in [0.2, 0.25) is 0 Å². The van der Waals surface area contributed by atoms with Crippen LogP contribution in [0.15, 0.2) is 54.6 Å². The molecule has 0 saturated heterocycles. The zero-order chi connectivity index (χ0) is 17.8. The summed E-state index contributed by atoms with van der Waals surface area (Å²) in [5, 5.41) is 0.859. The fraction of sp³-hybridized carbons (Fsp3) is 0.238. The Balaban J connectivity index is 2.34. The van der Waals surface area contributed by atoms with E-state index in [1.165, 1.54) is 0 Å². The van der Waals surface area contributed by atoms with E-state index in [0.717, 1.165) is 16.5 Å². The summed E-state index contributed by atoms with van der Waals surface area (Å²) < 4.78 is 14.1. The molecule has 3 nitrogen and oxygen atoms in total. The number of fused-ring (bicyclic) bond motifs is 1. The van der Waals surface area contributed by atoms with E-state index in [1.807, 2.05) is 68.4 Å². The molecule has 0 spiro atoms. The minimum Gasteiger partial charge on any atom is -0.338 e. The van der Waals surface area contributed by atoms with Crippen molar-refractivity contribution < 1.29 is 9.18 Å². The lowest BCUT2D eigenvalue weighted by Crippen LogP contribution is -2.32. The van der Waals surface area contributed by atoms with Gasteiger partial charge in [0.1, 0.15) is 12.4 Å². The molecule has 0 aliphatic carbocycles. The molecule has 128 valence electrons. The van der Waals surface area contributed by atoms with Crippen molar-refractivity contribution in [2.75, 3.05) is 13.1 Å². The molecule has 0 radical (unpaired) electrons. The Morgan fingerprint density at radius 2 is 1.64 bits per heavy atom. The van der Waals surface area contributed by atoms with Gasteiger partial charge >= 0.3 is 0 Å². The lowest BCUT2D eigenvalue weighted by molar-refractivity contribution is 0.0765. The van der Waals surface area contributed by atoms with Crippen molar-refractivity contribution in [1.29, 1.82) is 0 Å². The van der Waals surface area contributed by atoms with E-state index >= 15 is 0 Å². The van der Waals surface area contributed by atoms with Gasteiger partial charge in [0.2, 0.25) is 0 Å². The van der Waals surface area contributed by atoms with E-state index in [9.17, 15) is 9.18 Å².